The molecular weight excluding hydrogens is 534 g/mol. The molecule has 2 aromatic heterocycles. The first kappa shape index (κ1) is 26.9. The van der Waals surface area contributed by atoms with Crippen molar-refractivity contribution in [3.63, 3.8) is 0 Å². The first-order chi connectivity index (χ1) is 19.0. The smallest absolute Gasteiger partial charge is 0.224 e. The van der Waals surface area contributed by atoms with E-state index in [1.807, 2.05) is 60.0 Å². The fraction of sp³-hybridized carbons (Fsp3) is 0.310. The number of amides is 1. The number of halogens is 1. The summed E-state index contributed by atoms with van der Waals surface area (Å²) in [6.45, 7) is 2.03. The van der Waals surface area contributed by atoms with Crippen molar-refractivity contribution in [2.75, 3.05) is 38.8 Å². The zero-order valence-electron chi connectivity index (χ0n) is 21.9. The van der Waals surface area contributed by atoms with Crippen molar-refractivity contribution in [3.05, 3.63) is 70.7 Å². The lowest BCUT2D eigenvalue weighted by molar-refractivity contribution is -0.125. The Balaban J connectivity index is 1.13. The maximum atomic E-state index is 13.0. The van der Waals surface area contributed by atoms with Crippen LogP contribution in [0.1, 0.15) is 18.5 Å². The number of hydrogen-bond donors (Lipinski definition) is 1. The molecule has 8 nitrogen and oxygen atoms in total. The predicted octanol–water partition coefficient (Wildman–Crippen LogP) is 5.51. The number of rotatable bonds is 9. The standard InChI is InChI=1S/C29H30ClN5O3S/c1-37-25-11-7-20(16-26(25)38-2)29-32-23(18-39-29)13-14-31-28(36)21-4-3-15-35(17-21)27-12-10-24(33-34-27)19-5-8-22(30)9-6-19/h5-12,16,18,21H,3-4,13-15,17H2,1-2H3,(H,31,36). The molecular formula is C29H30ClN5O3S. The Kier molecular flexibility index (Phi) is 8.58. The van der Waals surface area contributed by atoms with Crippen molar-refractivity contribution in [3.8, 4) is 33.3 Å². The van der Waals surface area contributed by atoms with Gasteiger partial charge in [-0.2, -0.15) is 0 Å². The molecule has 1 amide bonds. The average molecular weight is 564 g/mol. The lowest BCUT2D eigenvalue weighted by Gasteiger charge is -2.32. The van der Waals surface area contributed by atoms with E-state index < -0.39 is 0 Å². The summed E-state index contributed by atoms with van der Waals surface area (Å²) in [5, 5.41) is 15.6. The molecule has 1 unspecified atom stereocenters. The first-order valence-electron chi connectivity index (χ1n) is 12.8. The summed E-state index contributed by atoms with van der Waals surface area (Å²) in [5.74, 6) is 2.12. The van der Waals surface area contributed by atoms with Crippen LogP contribution in [0, 0.1) is 5.92 Å². The topological polar surface area (TPSA) is 89.5 Å². The molecule has 4 aromatic rings. The van der Waals surface area contributed by atoms with Gasteiger partial charge in [-0.15, -0.1) is 21.5 Å². The molecule has 5 rings (SSSR count). The van der Waals surface area contributed by atoms with Crippen LogP contribution in [0.5, 0.6) is 11.5 Å². The van der Waals surface area contributed by atoms with E-state index in [1.54, 1.807) is 25.6 Å². The van der Waals surface area contributed by atoms with Crippen LogP contribution >= 0.6 is 22.9 Å². The van der Waals surface area contributed by atoms with Crippen LogP contribution in [0.25, 0.3) is 21.8 Å². The van der Waals surface area contributed by atoms with Crippen LogP contribution < -0.4 is 19.7 Å². The zero-order valence-corrected chi connectivity index (χ0v) is 23.5. The number of thiazole rings is 1. The molecule has 0 spiro atoms. The normalized spacial score (nSPS) is 15.2. The van der Waals surface area contributed by atoms with Crippen LogP contribution in [0.4, 0.5) is 5.82 Å². The van der Waals surface area contributed by atoms with E-state index >= 15 is 0 Å². The van der Waals surface area contributed by atoms with Crippen molar-refractivity contribution in [2.45, 2.75) is 19.3 Å². The van der Waals surface area contributed by atoms with E-state index in [1.165, 1.54) is 0 Å². The third-order valence-corrected chi connectivity index (χ3v) is 7.96. The van der Waals surface area contributed by atoms with Gasteiger partial charge in [0.15, 0.2) is 17.3 Å². The minimum absolute atomic E-state index is 0.0702. The number of nitrogens with zero attached hydrogens (tertiary/aromatic N) is 4. The molecule has 202 valence electrons. The molecule has 39 heavy (non-hydrogen) atoms. The van der Waals surface area contributed by atoms with Crippen LogP contribution in [-0.2, 0) is 11.2 Å². The second-order valence-corrected chi connectivity index (χ2v) is 10.6. The Morgan fingerprint density at radius 3 is 2.59 bits per heavy atom. The summed E-state index contributed by atoms with van der Waals surface area (Å²) in [6.07, 6.45) is 2.46. The number of carbonyl (C=O) groups excluding carboxylic acids is 1. The van der Waals surface area contributed by atoms with Gasteiger partial charge in [0.05, 0.1) is 31.5 Å². The number of aromatic nitrogens is 3. The third kappa shape index (κ3) is 6.49. The molecule has 0 radical (unpaired) electrons. The molecule has 1 saturated heterocycles. The molecule has 1 atom stereocenters. The predicted molar refractivity (Wildman–Crippen MR) is 155 cm³/mol. The van der Waals surface area contributed by atoms with Crippen LogP contribution in [0.15, 0.2) is 60.0 Å². The summed E-state index contributed by atoms with van der Waals surface area (Å²) < 4.78 is 10.7. The minimum atomic E-state index is -0.0887. The first-order valence-corrected chi connectivity index (χ1v) is 14.1. The highest BCUT2D eigenvalue weighted by atomic mass is 35.5. The maximum Gasteiger partial charge on any atom is 0.224 e. The van der Waals surface area contributed by atoms with Crippen LogP contribution in [-0.4, -0.2) is 54.9 Å². The van der Waals surface area contributed by atoms with Crippen molar-refractivity contribution >= 4 is 34.7 Å². The Bertz CT molecular complexity index is 1410. The second kappa shape index (κ2) is 12.4. The lowest BCUT2D eigenvalue weighted by atomic mass is 9.97. The van der Waals surface area contributed by atoms with Crippen molar-refractivity contribution < 1.29 is 14.3 Å². The lowest BCUT2D eigenvalue weighted by Crippen LogP contribution is -2.43. The van der Waals surface area contributed by atoms with Gasteiger partial charge in [-0.3, -0.25) is 4.79 Å². The maximum absolute atomic E-state index is 13.0. The zero-order chi connectivity index (χ0) is 27.2. The van der Waals surface area contributed by atoms with Crippen molar-refractivity contribution in [2.24, 2.45) is 5.92 Å². The Labute approximate surface area is 237 Å². The summed E-state index contributed by atoms with van der Waals surface area (Å²) in [5.41, 5.74) is 3.68. The number of piperidine rings is 1. The van der Waals surface area contributed by atoms with Gasteiger partial charge < -0.3 is 19.7 Å². The highest BCUT2D eigenvalue weighted by Crippen LogP contribution is 2.33. The van der Waals surface area contributed by atoms with Gasteiger partial charge in [0.1, 0.15) is 5.01 Å². The van der Waals surface area contributed by atoms with Gasteiger partial charge >= 0.3 is 0 Å². The number of benzene rings is 2. The van der Waals surface area contributed by atoms with Crippen LogP contribution in [0.2, 0.25) is 5.02 Å². The van der Waals surface area contributed by atoms with E-state index in [4.69, 9.17) is 26.1 Å². The molecule has 2 aromatic carbocycles. The molecule has 3 heterocycles. The number of nitrogens with one attached hydrogen (secondary N) is 1. The molecule has 0 aliphatic carbocycles. The molecule has 0 bridgehead atoms. The largest absolute Gasteiger partial charge is 0.493 e. The van der Waals surface area contributed by atoms with Crippen LogP contribution in [0.3, 0.4) is 0 Å². The summed E-state index contributed by atoms with van der Waals surface area (Å²) >= 11 is 7.56. The third-order valence-electron chi connectivity index (χ3n) is 6.77. The highest BCUT2D eigenvalue weighted by Gasteiger charge is 2.26. The molecule has 1 fully saturated rings. The molecule has 1 N–H and O–H groups in total. The molecule has 1 aliphatic rings. The van der Waals surface area contributed by atoms with Gasteiger partial charge in [0.25, 0.3) is 0 Å². The van der Waals surface area contributed by atoms with E-state index in [2.05, 4.69) is 20.4 Å². The van der Waals surface area contributed by atoms with Gasteiger partial charge in [-0.05, 0) is 55.3 Å². The molecule has 0 saturated carbocycles. The van der Waals surface area contributed by atoms with Crippen molar-refractivity contribution in [1.29, 1.82) is 0 Å². The van der Waals surface area contributed by atoms with E-state index in [-0.39, 0.29) is 11.8 Å². The van der Waals surface area contributed by atoms with E-state index in [9.17, 15) is 4.79 Å². The number of hydrogen-bond acceptors (Lipinski definition) is 8. The molecule has 1 aliphatic heterocycles. The molecule has 10 heteroatoms. The summed E-state index contributed by atoms with van der Waals surface area (Å²) in [4.78, 5) is 19.8. The Morgan fingerprint density at radius 1 is 1.05 bits per heavy atom. The fourth-order valence-corrected chi connectivity index (χ4v) is 5.63. The average Bonchev–Trinajstić information content (AvgIpc) is 3.46. The number of methoxy groups -OCH3 is 2. The summed E-state index contributed by atoms with van der Waals surface area (Å²) in [6, 6.07) is 17.2. The Hall–Kier alpha value is -3.69. The van der Waals surface area contributed by atoms with Crippen molar-refractivity contribution in [1.82, 2.24) is 20.5 Å². The van der Waals surface area contributed by atoms with E-state index in [0.717, 1.165) is 52.7 Å². The minimum Gasteiger partial charge on any atom is -0.493 e. The van der Waals surface area contributed by atoms with E-state index in [0.29, 0.717) is 36.0 Å². The van der Waals surface area contributed by atoms with Gasteiger partial charge in [0.2, 0.25) is 5.91 Å². The monoisotopic (exact) mass is 563 g/mol. The van der Waals surface area contributed by atoms with Gasteiger partial charge in [-0.1, -0.05) is 23.7 Å². The van der Waals surface area contributed by atoms with Gasteiger partial charge in [0, 0.05) is 47.6 Å². The second-order valence-electron chi connectivity index (χ2n) is 9.32. The highest BCUT2D eigenvalue weighted by molar-refractivity contribution is 7.13. The number of carbonyl (C=O) groups is 1. The number of anilines is 1. The Morgan fingerprint density at radius 2 is 1.85 bits per heavy atom. The van der Waals surface area contributed by atoms with Gasteiger partial charge in [-0.25, -0.2) is 4.98 Å². The SMILES string of the molecule is COc1ccc(-c2nc(CCNC(=O)C3CCCN(c4ccc(-c5ccc(Cl)cc5)nn4)C3)cs2)cc1OC. The number of ether oxygens (including phenoxy) is 2. The quantitative estimate of drug-likeness (QED) is 0.287. The fourth-order valence-electron chi connectivity index (χ4n) is 4.65. The summed E-state index contributed by atoms with van der Waals surface area (Å²) in [7, 11) is 3.24.